The van der Waals surface area contributed by atoms with Gasteiger partial charge in [0.15, 0.2) is 10.1 Å². The van der Waals surface area contributed by atoms with Crippen LogP contribution in [-0.4, -0.2) is 41.0 Å². The number of Topliss-reactive ketones (excluding diaryl/α,β-unsaturated/α-hetero) is 1. The third-order valence-corrected chi connectivity index (χ3v) is 6.14. The minimum absolute atomic E-state index is 0.107. The van der Waals surface area contributed by atoms with Crippen LogP contribution in [0.1, 0.15) is 23.2 Å². The summed E-state index contributed by atoms with van der Waals surface area (Å²) in [6.07, 6.45) is 2.50. The van der Waals surface area contributed by atoms with Crippen molar-refractivity contribution in [3.8, 4) is 0 Å². The van der Waals surface area contributed by atoms with Crippen molar-refractivity contribution in [2.75, 3.05) is 24.2 Å². The fraction of sp³-hybridized carbons (Fsp3) is 0.400. The van der Waals surface area contributed by atoms with Crippen molar-refractivity contribution < 1.29 is 9.53 Å². The molecule has 3 rings (SSSR count). The minimum Gasteiger partial charge on any atom is -0.376 e. The Labute approximate surface area is 156 Å². The summed E-state index contributed by atoms with van der Waals surface area (Å²) in [4.78, 5) is 12.1. The van der Waals surface area contributed by atoms with Gasteiger partial charge in [0.05, 0.1) is 11.9 Å². The monoisotopic (exact) mass is 461 g/mol. The number of hydrogen-bond acceptors (Lipinski definition) is 7. The van der Waals surface area contributed by atoms with Gasteiger partial charge in [-0.1, -0.05) is 35.2 Å². The highest BCUT2D eigenvalue weighted by Gasteiger charge is 2.16. The second kappa shape index (κ2) is 8.41. The Morgan fingerprint density at radius 1 is 1.39 bits per heavy atom. The molecule has 1 fully saturated rings. The molecule has 1 aromatic heterocycles. The van der Waals surface area contributed by atoms with Crippen molar-refractivity contribution in [3.05, 3.63) is 33.4 Å². The summed E-state index contributed by atoms with van der Waals surface area (Å²) in [6.45, 7) is 1.62. The third kappa shape index (κ3) is 5.13. The standard InChI is InChI=1S/C15H16IN3O2S2/c16-11-5-3-10(4-6-11)13(20)9-22-15-19-18-14(23-15)17-8-12-2-1-7-21-12/h3-6,12H,1-2,7-9H2,(H,17,18). The van der Waals surface area contributed by atoms with Gasteiger partial charge < -0.3 is 10.1 Å². The molecule has 0 spiro atoms. The number of nitrogens with zero attached hydrogens (tertiary/aromatic N) is 2. The number of nitrogens with one attached hydrogen (secondary N) is 1. The van der Waals surface area contributed by atoms with Crippen LogP contribution < -0.4 is 5.32 Å². The number of thioether (sulfide) groups is 1. The summed E-state index contributed by atoms with van der Waals surface area (Å²) in [7, 11) is 0. The normalized spacial score (nSPS) is 17.3. The smallest absolute Gasteiger partial charge is 0.206 e. The first-order valence-electron chi connectivity index (χ1n) is 7.31. The zero-order chi connectivity index (χ0) is 16.1. The molecule has 5 nitrogen and oxygen atoms in total. The first kappa shape index (κ1) is 17.1. The minimum atomic E-state index is 0.107. The van der Waals surface area contributed by atoms with Crippen molar-refractivity contribution >= 4 is 56.6 Å². The van der Waals surface area contributed by atoms with Gasteiger partial charge in [0.1, 0.15) is 0 Å². The average molecular weight is 461 g/mol. The molecule has 1 saturated heterocycles. The molecule has 0 radical (unpaired) electrons. The maximum Gasteiger partial charge on any atom is 0.206 e. The maximum atomic E-state index is 12.1. The van der Waals surface area contributed by atoms with E-state index < -0.39 is 0 Å². The van der Waals surface area contributed by atoms with Crippen LogP contribution in [0.3, 0.4) is 0 Å². The fourth-order valence-corrected chi connectivity index (χ4v) is 4.21. The van der Waals surface area contributed by atoms with Crippen LogP contribution in [0.5, 0.6) is 0 Å². The molecule has 0 aliphatic carbocycles. The molecule has 1 N–H and O–H groups in total. The van der Waals surface area contributed by atoms with E-state index in [0.717, 1.165) is 44.6 Å². The molecule has 1 aliphatic rings. The van der Waals surface area contributed by atoms with E-state index in [-0.39, 0.29) is 11.9 Å². The number of anilines is 1. The number of carbonyl (C=O) groups is 1. The van der Waals surface area contributed by atoms with E-state index in [0.29, 0.717) is 5.75 Å². The number of carbonyl (C=O) groups excluding carboxylic acids is 1. The fourth-order valence-electron chi connectivity index (χ4n) is 2.19. The van der Waals surface area contributed by atoms with Crippen molar-refractivity contribution in [1.29, 1.82) is 0 Å². The second-order valence-corrected chi connectivity index (χ2v) is 8.55. The lowest BCUT2D eigenvalue weighted by Crippen LogP contribution is -2.18. The zero-order valence-corrected chi connectivity index (χ0v) is 16.1. The van der Waals surface area contributed by atoms with Crippen LogP contribution in [0.25, 0.3) is 0 Å². The molecule has 0 bridgehead atoms. The topological polar surface area (TPSA) is 64.1 Å². The molecule has 122 valence electrons. The van der Waals surface area contributed by atoms with Crippen LogP contribution in [0.15, 0.2) is 28.6 Å². The van der Waals surface area contributed by atoms with Gasteiger partial charge >= 0.3 is 0 Å². The van der Waals surface area contributed by atoms with Gasteiger partial charge in [-0.05, 0) is 47.6 Å². The third-order valence-electron chi connectivity index (χ3n) is 3.40. The number of hydrogen-bond donors (Lipinski definition) is 1. The molecule has 2 heterocycles. The summed E-state index contributed by atoms with van der Waals surface area (Å²) < 4.78 is 7.49. The van der Waals surface area contributed by atoms with E-state index in [4.69, 9.17) is 4.74 Å². The molecule has 0 saturated carbocycles. The van der Waals surface area contributed by atoms with E-state index in [2.05, 4.69) is 38.1 Å². The Bertz CT molecular complexity index is 657. The first-order valence-corrected chi connectivity index (χ1v) is 10.2. The van der Waals surface area contributed by atoms with Gasteiger partial charge in [0.2, 0.25) is 5.13 Å². The highest BCUT2D eigenvalue weighted by Crippen LogP contribution is 2.26. The summed E-state index contributed by atoms with van der Waals surface area (Å²) in [5.41, 5.74) is 0.735. The van der Waals surface area contributed by atoms with Gasteiger partial charge in [-0.2, -0.15) is 0 Å². The van der Waals surface area contributed by atoms with E-state index >= 15 is 0 Å². The van der Waals surface area contributed by atoms with E-state index in [1.807, 2.05) is 24.3 Å². The summed E-state index contributed by atoms with van der Waals surface area (Å²) >= 11 is 5.13. The van der Waals surface area contributed by atoms with Crippen LogP contribution in [0.4, 0.5) is 5.13 Å². The van der Waals surface area contributed by atoms with Crippen LogP contribution in [0, 0.1) is 3.57 Å². The number of aromatic nitrogens is 2. The van der Waals surface area contributed by atoms with E-state index in [9.17, 15) is 4.79 Å². The lowest BCUT2D eigenvalue weighted by Gasteiger charge is -2.08. The predicted octanol–water partition coefficient (Wildman–Crippen LogP) is 3.71. The van der Waals surface area contributed by atoms with Crippen molar-refractivity contribution in [3.63, 3.8) is 0 Å². The van der Waals surface area contributed by atoms with Crippen molar-refractivity contribution in [2.24, 2.45) is 0 Å². The van der Waals surface area contributed by atoms with Gasteiger partial charge in [0.25, 0.3) is 0 Å². The van der Waals surface area contributed by atoms with Gasteiger partial charge in [0, 0.05) is 22.3 Å². The molecule has 8 heteroatoms. The molecule has 1 aliphatic heterocycles. The zero-order valence-electron chi connectivity index (χ0n) is 12.3. The first-order chi connectivity index (χ1) is 11.2. The summed E-state index contributed by atoms with van der Waals surface area (Å²) in [5, 5.41) is 12.3. The van der Waals surface area contributed by atoms with Gasteiger partial charge in [-0.15, -0.1) is 10.2 Å². The molecule has 23 heavy (non-hydrogen) atoms. The molecule has 1 unspecified atom stereocenters. The van der Waals surface area contributed by atoms with Crippen molar-refractivity contribution in [2.45, 2.75) is 23.3 Å². The molecular weight excluding hydrogens is 445 g/mol. The molecule has 0 amide bonds. The Morgan fingerprint density at radius 3 is 2.96 bits per heavy atom. The molecule has 2 aromatic rings. The lowest BCUT2D eigenvalue weighted by molar-refractivity contribution is 0.102. The maximum absolute atomic E-state index is 12.1. The lowest BCUT2D eigenvalue weighted by atomic mass is 10.2. The van der Waals surface area contributed by atoms with Gasteiger partial charge in [-0.25, -0.2) is 0 Å². The molecule has 1 atom stereocenters. The molecular formula is C15H16IN3O2S2. The predicted molar refractivity (Wildman–Crippen MR) is 102 cm³/mol. The highest BCUT2D eigenvalue weighted by atomic mass is 127. The summed E-state index contributed by atoms with van der Waals surface area (Å²) in [6, 6.07) is 7.60. The Morgan fingerprint density at radius 2 is 2.22 bits per heavy atom. The Kier molecular flexibility index (Phi) is 6.26. The quantitative estimate of drug-likeness (QED) is 0.386. The highest BCUT2D eigenvalue weighted by molar-refractivity contribution is 14.1. The van der Waals surface area contributed by atoms with Crippen LogP contribution in [0.2, 0.25) is 0 Å². The Hall–Kier alpha value is -0.710. The molecule has 1 aromatic carbocycles. The second-order valence-electron chi connectivity index (χ2n) is 5.11. The number of ether oxygens (including phenoxy) is 1. The van der Waals surface area contributed by atoms with Crippen LogP contribution in [-0.2, 0) is 4.74 Å². The SMILES string of the molecule is O=C(CSc1nnc(NCC2CCCO2)s1)c1ccc(I)cc1. The van der Waals surface area contributed by atoms with E-state index in [1.165, 1.54) is 23.1 Å². The number of benzene rings is 1. The van der Waals surface area contributed by atoms with Crippen molar-refractivity contribution in [1.82, 2.24) is 10.2 Å². The Balaban J connectivity index is 1.46. The average Bonchev–Trinajstić information content (AvgIpc) is 3.23. The largest absolute Gasteiger partial charge is 0.376 e. The van der Waals surface area contributed by atoms with Gasteiger partial charge in [-0.3, -0.25) is 4.79 Å². The van der Waals surface area contributed by atoms with E-state index in [1.54, 1.807) is 0 Å². The number of halogens is 1. The summed E-state index contributed by atoms with van der Waals surface area (Å²) in [5.74, 6) is 0.483. The van der Waals surface area contributed by atoms with Crippen LogP contribution >= 0.6 is 45.7 Å². The number of rotatable bonds is 7. The number of ketones is 1.